The zero-order valence-corrected chi connectivity index (χ0v) is 14.6. The van der Waals surface area contributed by atoms with Gasteiger partial charge in [-0.1, -0.05) is 6.07 Å². The highest BCUT2D eigenvalue weighted by molar-refractivity contribution is 14.1. The summed E-state index contributed by atoms with van der Waals surface area (Å²) in [7, 11) is 0. The SMILES string of the molecule is Cc1cc(I)ccc1NC(=O)Cn1nnc(-c2cccs2)n1. The van der Waals surface area contributed by atoms with Crippen LogP contribution < -0.4 is 5.32 Å². The molecule has 0 aliphatic heterocycles. The van der Waals surface area contributed by atoms with Crippen molar-refractivity contribution in [2.75, 3.05) is 5.32 Å². The summed E-state index contributed by atoms with van der Waals surface area (Å²) in [4.78, 5) is 14.3. The van der Waals surface area contributed by atoms with Gasteiger partial charge in [-0.05, 0) is 69.9 Å². The van der Waals surface area contributed by atoms with Gasteiger partial charge in [0.05, 0.1) is 4.88 Å². The van der Waals surface area contributed by atoms with Gasteiger partial charge in [0, 0.05) is 9.26 Å². The minimum absolute atomic E-state index is 0.0315. The first-order valence-corrected chi connectivity index (χ1v) is 8.45. The number of aromatic nitrogens is 4. The molecule has 0 bridgehead atoms. The predicted molar refractivity (Wildman–Crippen MR) is 93.7 cm³/mol. The van der Waals surface area contributed by atoms with E-state index in [0.717, 1.165) is 19.7 Å². The third-order valence-corrected chi connectivity index (χ3v) is 4.48. The standard InChI is InChI=1S/C14H12IN5OS/c1-9-7-10(15)4-5-11(9)16-13(21)8-20-18-14(17-19-20)12-3-2-6-22-12/h2-7H,8H2,1H3,(H,16,21). The van der Waals surface area contributed by atoms with Crippen LogP contribution in [0.25, 0.3) is 10.7 Å². The lowest BCUT2D eigenvalue weighted by Crippen LogP contribution is -2.21. The van der Waals surface area contributed by atoms with Gasteiger partial charge in [0.2, 0.25) is 11.7 Å². The van der Waals surface area contributed by atoms with Gasteiger partial charge >= 0.3 is 0 Å². The summed E-state index contributed by atoms with van der Waals surface area (Å²) < 4.78 is 1.13. The number of thiophene rings is 1. The number of carbonyl (C=O) groups is 1. The van der Waals surface area contributed by atoms with E-state index in [1.165, 1.54) is 16.1 Å². The molecule has 2 aromatic heterocycles. The number of tetrazole rings is 1. The number of hydrogen-bond acceptors (Lipinski definition) is 5. The predicted octanol–water partition coefficient (Wildman–Crippen LogP) is 2.95. The second-order valence-electron chi connectivity index (χ2n) is 4.63. The highest BCUT2D eigenvalue weighted by Crippen LogP contribution is 2.20. The molecular formula is C14H12IN5OS. The largest absolute Gasteiger partial charge is 0.324 e. The number of benzene rings is 1. The highest BCUT2D eigenvalue weighted by atomic mass is 127. The van der Waals surface area contributed by atoms with Gasteiger partial charge in [-0.3, -0.25) is 4.79 Å². The smallest absolute Gasteiger partial charge is 0.248 e. The lowest BCUT2D eigenvalue weighted by molar-refractivity contribution is -0.117. The number of halogens is 1. The van der Waals surface area contributed by atoms with Crippen molar-refractivity contribution in [3.63, 3.8) is 0 Å². The van der Waals surface area contributed by atoms with Crippen LogP contribution in [-0.4, -0.2) is 26.1 Å². The first kappa shape index (κ1) is 15.1. The maximum Gasteiger partial charge on any atom is 0.248 e. The number of nitrogens with zero attached hydrogens (tertiary/aromatic N) is 4. The first-order valence-electron chi connectivity index (χ1n) is 6.49. The van der Waals surface area contributed by atoms with Crippen molar-refractivity contribution in [1.29, 1.82) is 0 Å². The van der Waals surface area contributed by atoms with E-state index in [1.54, 1.807) is 0 Å². The van der Waals surface area contributed by atoms with Gasteiger partial charge in [0.15, 0.2) is 0 Å². The molecule has 1 N–H and O–H groups in total. The molecule has 112 valence electrons. The highest BCUT2D eigenvalue weighted by Gasteiger charge is 2.11. The monoisotopic (exact) mass is 425 g/mol. The molecule has 0 aliphatic rings. The molecule has 1 amide bonds. The number of hydrogen-bond donors (Lipinski definition) is 1. The molecule has 0 atom stereocenters. The molecule has 0 saturated heterocycles. The summed E-state index contributed by atoms with van der Waals surface area (Å²) in [6.07, 6.45) is 0. The van der Waals surface area contributed by atoms with Gasteiger partial charge in [-0.15, -0.1) is 21.5 Å². The Morgan fingerprint density at radius 3 is 3.00 bits per heavy atom. The quantitative estimate of drug-likeness (QED) is 0.653. The molecule has 3 aromatic rings. The summed E-state index contributed by atoms with van der Waals surface area (Å²) in [5.41, 5.74) is 1.81. The van der Waals surface area contributed by atoms with Crippen LogP contribution in [0.4, 0.5) is 5.69 Å². The summed E-state index contributed by atoms with van der Waals surface area (Å²) in [5, 5.41) is 16.9. The molecule has 2 heterocycles. The third kappa shape index (κ3) is 3.50. The fourth-order valence-electron chi connectivity index (χ4n) is 1.90. The second-order valence-corrected chi connectivity index (χ2v) is 6.82. The summed E-state index contributed by atoms with van der Waals surface area (Å²) in [5.74, 6) is 0.354. The summed E-state index contributed by atoms with van der Waals surface area (Å²) in [6, 6.07) is 9.69. The molecule has 0 radical (unpaired) electrons. The van der Waals surface area contributed by atoms with Crippen molar-refractivity contribution >= 4 is 45.5 Å². The zero-order chi connectivity index (χ0) is 15.5. The molecule has 22 heavy (non-hydrogen) atoms. The van der Waals surface area contributed by atoms with E-state index < -0.39 is 0 Å². The van der Waals surface area contributed by atoms with Crippen molar-refractivity contribution in [3.8, 4) is 10.7 Å². The second kappa shape index (κ2) is 6.53. The molecule has 6 nitrogen and oxygen atoms in total. The number of aryl methyl sites for hydroxylation is 1. The normalized spacial score (nSPS) is 10.6. The van der Waals surface area contributed by atoms with Crippen LogP contribution >= 0.6 is 33.9 Å². The Kier molecular flexibility index (Phi) is 4.48. The number of anilines is 1. The van der Waals surface area contributed by atoms with Gasteiger partial charge in [-0.2, -0.15) is 4.80 Å². The Morgan fingerprint density at radius 2 is 2.27 bits per heavy atom. The topological polar surface area (TPSA) is 72.7 Å². The molecule has 0 spiro atoms. The Hall–Kier alpha value is -1.81. The molecule has 0 aliphatic carbocycles. The number of rotatable bonds is 4. The van der Waals surface area contributed by atoms with E-state index in [2.05, 4.69) is 43.3 Å². The average Bonchev–Trinajstić information content (AvgIpc) is 3.12. The van der Waals surface area contributed by atoms with Crippen LogP contribution in [0.15, 0.2) is 35.7 Å². The van der Waals surface area contributed by atoms with Gasteiger partial charge in [-0.25, -0.2) is 0 Å². The van der Waals surface area contributed by atoms with Crippen molar-refractivity contribution in [3.05, 3.63) is 44.8 Å². The first-order chi connectivity index (χ1) is 10.6. The van der Waals surface area contributed by atoms with E-state index >= 15 is 0 Å². The zero-order valence-electron chi connectivity index (χ0n) is 11.7. The average molecular weight is 425 g/mol. The molecular weight excluding hydrogens is 413 g/mol. The van der Waals surface area contributed by atoms with Crippen molar-refractivity contribution in [2.24, 2.45) is 0 Å². The van der Waals surface area contributed by atoms with Crippen LogP contribution in [0, 0.1) is 10.5 Å². The lowest BCUT2D eigenvalue weighted by Gasteiger charge is -2.08. The Bertz CT molecular complexity index is 799. The van der Waals surface area contributed by atoms with E-state index in [0.29, 0.717) is 5.82 Å². The van der Waals surface area contributed by atoms with Crippen LogP contribution in [0.5, 0.6) is 0 Å². The summed E-state index contributed by atoms with van der Waals surface area (Å²) >= 11 is 3.77. The minimum atomic E-state index is -0.181. The molecule has 8 heteroatoms. The van der Waals surface area contributed by atoms with E-state index in [9.17, 15) is 4.79 Å². The molecule has 1 aromatic carbocycles. The number of carbonyl (C=O) groups excluding carboxylic acids is 1. The van der Waals surface area contributed by atoms with Crippen molar-refractivity contribution < 1.29 is 4.79 Å². The lowest BCUT2D eigenvalue weighted by atomic mass is 10.2. The number of amides is 1. The molecule has 0 saturated carbocycles. The third-order valence-electron chi connectivity index (χ3n) is 2.94. The fraction of sp³-hybridized carbons (Fsp3) is 0.143. The Morgan fingerprint density at radius 1 is 1.41 bits per heavy atom. The van der Waals surface area contributed by atoms with E-state index in [-0.39, 0.29) is 12.5 Å². The maximum atomic E-state index is 12.1. The van der Waals surface area contributed by atoms with Gasteiger partial charge in [0.25, 0.3) is 0 Å². The van der Waals surface area contributed by atoms with Crippen LogP contribution in [-0.2, 0) is 11.3 Å². The van der Waals surface area contributed by atoms with Gasteiger partial charge < -0.3 is 5.32 Å². The maximum absolute atomic E-state index is 12.1. The Balaban J connectivity index is 1.67. The van der Waals surface area contributed by atoms with Crippen LogP contribution in [0.2, 0.25) is 0 Å². The van der Waals surface area contributed by atoms with E-state index in [4.69, 9.17) is 0 Å². The van der Waals surface area contributed by atoms with Crippen LogP contribution in [0.3, 0.4) is 0 Å². The molecule has 0 unspecified atom stereocenters. The van der Waals surface area contributed by atoms with Crippen molar-refractivity contribution in [2.45, 2.75) is 13.5 Å². The van der Waals surface area contributed by atoms with Crippen LogP contribution in [0.1, 0.15) is 5.56 Å². The molecule has 0 fully saturated rings. The molecule has 3 rings (SSSR count). The summed E-state index contributed by atoms with van der Waals surface area (Å²) in [6.45, 7) is 1.99. The fourth-order valence-corrected chi connectivity index (χ4v) is 3.20. The number of nitrogens with one attached hydrogen (secondary N) is 1. The van der Waals surface area contributed by atoms with Gasteiger partial charge in [0.1, 0.15) is 6.54 Å². The minimum Gasteiger partial charge on any atom is -0.324 e. The van der Waals surface area contributed by atoms with E-state index in [1.807, 2.05) is 42.6 Å². The van der Waals surface area contributed by atoms with Crippen molar-refractivity contribution in [1.82, 2.24) is 20.2 Å². The Labute approximate surface area is 144 Å².